The van der Waals surface area contributed by atoms with Crippen LogP contribution >= 0.6 is 0 Å². The van der Waals surface area contributed by atoms with Gasteiger partial charge >= 0.3 is 0 Å². The zero-order chi connectivity index (χ0) is 23.6. The summed E-state index contributed by atoms with van der Waals surface area (Å²) in [7, 11) is 0. The minimum atomic E-state index is -1.64. The van der Waals surface area contributed by atoms with Gasteiger partial charge in [-0.25, -0.2) is 0 Å². The Hall–Kier alpha value is -3.45. The molecule has 0 saturated carbocycles. The number of hydrogen-bond acceptors (Lipinski definition) is 7. The molecule has 1 aliphatic heterocycles. The highest BCUT2D eigenvalue weighted by Crippen LogP contribution is 2.43. The first-order valence-electron chi connectivity index (χ1n) is 10.4. The largest absolute Gasteiger partial charge is 0.508 e. The van der Waals surface area contributed by atoms with Gasteiger partial charge in [0.05, 0.1) is 0 Å². The average Bonchev–Trinajstić information content (AvgIpc) is 2.70. The number of aliphatic hydroxyl groups is 1. The van der Waals surface area contributed by atoms with Gasteiger partial charge in [0.2, 0.25) is 5.78 Å². The molecule has 32 heavy (non-hydrogen) atoms. The SMILES string of the molecule is CC(C)=CCCC(C)=CCc1cc(C2Oc3cc(O)cc(O)c3C(=O)C2O)cc(O)c1O. The fourth-order valence-corrected chi connectivity index (χ4v) is 3.66. The normalized spacial score (nSPS) is 18.1. The first kappa shape index (κ1) is 23.2. The highest BCUT2D eigenvalue weighted by molar-refractivity contribution is 6.05. The van der Waals surface area contributed by atoms with Gasteiger partial charge in [0.1, 0.15) is 22.8 Å². The lowest BCUT2D eigenvalue weighted by Crippen LogP contribution is -2.36. The van der Waals surface area contributed by atoms with E-state index >= 15 is 0 Å². The number of hydrogen-bond donors (Lipinski definition) is 5. The maximum atomic E-state index is 12.6. The fourth-order valence-electron chi connectivity index (χ4n) is 3.66. The number of carbonyl (C=O) groups is 1. The Morgan fingerprint density at radius 3 is 2.41 bits per heavy atom. The van der Waals surface area contributed by atoms with E-state index in [2.05, 4.69) is 6.08 Å². The van der Waals surface area contributed by atoms with E-state index in [0.717, 1.165) is 24.5 Å². The maximum absolute atomic E-state index is 12.6. The van der Waals surface area contributed by atoms with Gasteiger partial charge in [-0.1, -0.05) is 23.3 Å². The van der Waals surface area contributed by atoms with E-state index in [-0.39, 0.29) is 28.4 Å². The molecular weight excluding hydrogens is 412 g/mol. The Labute approximate surface area is 186 Å². The molecular formula is C25H28O7. The lowest BCUT2D eigenvalue weighted by atomic mass is 9.91. The first-order chi connectivity index (χ1) is 15.1. The van der Waals surface area contributed by atoms with E-state index in [1.165, 1.54) is 17.7 Å². The predicted molar refractivity (Wildman–Crippen MR) is 119 cm³/mol. The van der Waals surface area contributed by atoms with Crippen LogP contribution in [0.5, 0.6) is 28.7 Å². The standard InChI is InChI=1S/C25H28O7/c1-13(2)5-4-6-14(3)7-8-15-9-16(10-19(28)22(15)29)25-24(31)23(30)21-18(27)11-17(26)12-20(21)32-25/h5,7,9-12,24-29,31H,4,6,8H2,1-3H3. The van der Waals surface area contributed by atoms with Crippen molar-refractivity contribution in [2.75, 3.05) is 0 Å². The molecule has 0 radical (unpaired) electrons. The summed E-state index contributed by atoms with van der Waals surface area (Å²) in [6.45, 7) is 6.07. The number of aliphatic hydroxyl groups excluding tert-OH is 1. The molecule has 0 aliphatic carbocycles. The van der Waals surface area contributed by atoms with Crippen molar-refractivity contribution in [2.24, 2.45) is 0 Å². The quantitative estimate of drug-likeness (QED) is 0.332. The van der Waals surface area contributed by atoms with Crippen molar-refractivity contribution < 1.29 is 35.1 Å². The summed E-state index contributed by atoms with van der Waals surface area (Å²) in [5, 5.41) is 50.8. The molecule has 0 saturated heterocycles. The number of ether oxygens (including phenoxy) is 1. The molecule has 1 aliphatic rings. The molecule has 2 aromatic rings. The third-order valence-corrected chi connectivity index (χ3v) is 5.40. The third kappa shape index (κ3) is 4.89. The van der Waals surface area contributed by atoms with Crippen molar-refractivity contribution in [1.29, 1.82) is 0 Å². The van der Waals surface area contributed by atoms with Crippen LogP contribution in [-0.4, -0.2) is 37.4 Å². The zero-order valence-electron chi connectivity index (χ0n) is 18.3. The van der Waals surface area contributed by atoms with Gasteiger partial charge in [0.15, 0.2) is 23.7 Å². The molecule has 2 aromatic carbocycles. The highest BCUT2D eigenvalue weighted by atomic mass is 16.5. The summed E-state index contributed by atoms with van der Waals surface area (Å²) in [6.07, 6.45) is 3.37. The Morgan fingerprint density at radius 2 is 1.72 bits per heavy atom. The van der Waals surface area contributed by atoms with E-state index in [1.807, 2.05) is 26.8 Å². The summed E-state index contributed by atoms with van der Waals surface area (Å²) >= 11 is 0. The van der Waals surface area contributed by atoms with Gasteiger partial charge in [0.25, 0.3) is 0 Å². The average molecular weight is 440 g/mol. The molecule has 5 N–H and O–H groups in total. The molecule has 1 heterocycles. The van der Waals surface area contributed by atoms with Crippen molar-refractivity contribution in [3.05, 3.63) is 64.3 Å². The smallest absolute Gasteiger partial charge is 0.202 e. The van der Waals surface area contributed by atoms with Gasteiger partial charge in [-0.05, 0) is 57.7 Å². The Balaban J connectivity index is 1.90. The molecule has 3 rings (SSSR count). The van der Waals surface area contributed by atoms with Crippen molar-refractivity contribution in [2.45, 2.75) is 52.2 Å². The van der Waals surface area contributed by atoms with E-state index in [4.69, 9.17) is 4.74 Å². The van der Waals surface area contributed by atoms with Gasteiger partial charge in [-0.15, -0.1) is 0 Å². The van der Waals surface area contributed by atoms with Crippen LogP contribution in [-0.2, 0) is 6.42 Å². The van der Waals surface area contributed by atoms with Crippen molar-refractivity contribution in [3.63, 3.8) is 0 Å². The van der Waals surface area contributed by atoms with Gasteiger partial charge in [0, 0.05) is 17.7 Å². The second-order valence-corrected chi connectivity index (χ2v) is 8.31. The van der Waals surface area contributed by atoms with Gasteiger partial charge in [-0.3, -0.25) is 4.79 Å². The molecule has 7 heteroatoms. The molecule has 170 valence electrons. The van der Waals surface area contributed by atoms with Crippen molar-refractivity contribution in [1.82, 2.24) is 0 Å². The van der Waals surface area contributed by atoms with Crippen molar-refractivity contribution in [3.8, 4) is 28.7 Å². The number of allylic oxidation sites excluding steroid dienone is 4. The number of aromatic hydroxyl groups is 4. The number of benzene rings is 2. The summed E-state index contributed by atoms with van der Waals surface area (Å²) in [6, 6.07) is 4.94. The summed E-state index contributed by atoms with van der Waals surface area (Å²) < 4.78 is 5.71. The van der Waals surface area contributed by atoms with Crippen molar-refractivity contribution >= 4 is 5.78 Å². The van der Waals surface area contributed by atoms with Crippen LogP contribution in [0.25, 0.3) is 0 Å². The Kier molecular flexibility index (Phi) is 6.79. The number of rotatable bonds is 6. The topological polar surface area (TPSA) is 127 Å². The molecule has 7 nitrogen and oxygen atoms in total. The molecule has 0 fully saturated rings. The number of carbonyl (C=O) groups excluding carboxylic acids is 1. The lowest BCUT2D eigenvalue weighted by Gasteiger charge is -2.30. The molecule has 0 bridgehead atoms. The second kappa shape index (κ2) is 9.36. The highest BCUT2D eigenvalue weighted by Gasteiger charge is 2.39. The molecule has 2 unspecified atom stereocenters. The van der Waals surface area contributed by atoms with E-state index in [9.17, 15) is 30.3 Å². The van der Waals surface area contributed by atoms with Crippen LogP contribution in [0, 0.1) is 0 Å². The molecule has 0 spiro atoms. The summed E-state index contributed by atoms with van der Waals surface area (Å²) in [4.78, 5) is 12.6. The second-order valence-electron chi connectivity index (χ2n) is 8.31. The summed E-state index contributed by atoms with van der Waals surface area (Å²) in [5.74, 6) is -2.32. The summed E-state index contributed by atoms with van der Waals surface area (Å²) in [5.41, 5.74) is 2.84. The van der Waals surface area contributed by atoms with Crippen LogP contribution in [0.1, 0.15) is 61.2 Å². The first-order valence-corrected chi connectivity index (χ1v) is 10.4. The van der Waals surface area contributed by atoms with Gasteiger partial charge < -0.3 is 30.3 Å². The number of ketones is 1. The number of phenolic OH excluding ortho intramolecular Hbond substituents is 4. The Bertz CT molecular complexity index is 1090. The fraction of sp³-hybridized carbons (Fsp3) is 0.320. The molecule has 0 aromatic heterocycles. The molecule has 2 atom stereocenters. The predicted octanol–water partition coefficient (Wildman–Crippen LogP) is 4.42. The number of fused-ring (bicyclic) bond motifs is 1. The van der Waals surface area contributed by atoms with Crippen LogP contribution < -0.4 is 4.74 Å². The van der Waals surface area contributed by atoms with E-state index in [1.54, 1.807) is 6.07 Å². The Morgan fingerprint density at radius 1 is 1.00 bits per heavy atom. The van der Waals surface area contributed by atoms with E-state index in [0.29, 0.717) is 12.0 Å². The monoisotopic (exact) mass is 440 g/mol. The minimum Gasteiger partial charge on any atom is -0.508 e. The van der Waals surface area contributed by atoms with Crippen LogP contribution in [0.4, 0.5) is 0 Å². The number of phenols is 4. The zero-order valence-corrected chi connectivity index (χ0v) is 18.3. The van der Waals surface area contributed by atoms with Crippen LogP contribution in [0.2, 0.25) is 0 Å². The minimum absolute atomic E-state index is 0.0769. The molecule has 0 amide bonds. The van der Waals surface area contributed by atoms with E-state index < -0.39 is 29.5 Å². The number of Topliss-reactive ketones (excluding diaryl/α,β-unsaturated/α-hetero) is 1. The van der Waals surface area contributed by atoms with Gasteiger partial charge in [-0.2, -0.15) is 0 Å². The maximum Gasteiger partial charge on any atom is 0.202 e. The lowest BCUT2D eigenvalue weighted by molar-refractivity contribution is 0.0209. The van der Waals surface area contributed by atoms with Crippen LogP contribution in [0.15, 0.2) is 47.6 Å². The van der Waals surface area contributed by atoms with Crippen LogP contribution in [0.3, 0.4) is 0 Å². The third-order valence-electron chi connectivity index (χ3n) is 5.40.